The molecule has 1 aliphatic rings. The van der Waals surface area contributed by atoms with Crippen molar-refractivity contribution in [3.8, 4) is 0 Å². The predicted octanol–water partition coefficient (Wildman–Crippen LogP) is 5.41. The third kappa shape index (κ3) is 3.44. The molecular weight excluding hydrogens is 230 g/mol. The number of aliphatic imine (C=N–C) groups is 1. The van der Waals surface area contributed by atoms with Crippen LogP contribution in [0.15, 0.2) is 47.5 Å². The van der Waals surface area contributed by atoms with E-state index in [4.69, 9.17) is 4.99 Å². The molecule has 0 saturated carbocycles. The number of rotatable bonds is 3. The number of hydrogen-bond acceptors (Lipinski definition) is 1. The number of nitrogens with zero attached hydrogens (tertiary/aromatic N) is 1. The Balaban J connectivity index is 2.18. The molecule has 2 rings (SSSR count). The van der Waals surface area contributed by atoms with Gasteiger partial charge in [0.05, 0.1) is 5.69 Å². The van der Waals surface area contributed by atoms with Crippen LogP contribution in [0.25, 0.3) is 5.57 Å². The zero-order chi connectivity index (χ0) is 13.8. The van der Waals surface area contributed by atoms with Crippen molar-refractivity contribution in [2.45, 2.75) is 33.6 Å². The van der Waals surface area contributed by atoms with Crippen molar-refractivity contribution < 1.29 is 0 Å². The Kier molecular flexibility index (Phi) is 4.36. The summed E-state index contributed by atoms with van der Waals surface area (Å²) >= 11 is 0. The number of benzene rings is 1. The standard InChI is InChI=1S/C18H23N/c1-13(2)17-7-5-6-8-18(17)19-12-16-10-9-14(3)11-15(16)4/h5-8,11-12,15-16H,1,9-10H2,2-4H3. The van der Waals surface area contributed by atoms with Gasteiger partial charge in [-0.05, 0) is 44.2 Å². The van der Waals surface area contributed by atoms with Gasteiger partial charge in [-0.2, -0.15) is 0 Å². The van der Waals surface area contributed by atoms with Gasteiger partial charge >= 0.3 is 0 Å². The van der Waals surface area contributed by atoms with E-state index >= 15 is 0 Å². The van der Waals surface area contributed by atoms with Crippen molar-refractivity contribution in [1.82, 2.24) is 0 Å². The quantitative estimate of drug-likeness (QED) is 0.504. The van der Waals surface area contributed by atoms with Crippen molar-refractivity contribution in [1.29, 1.82) is 0 Å². The van der Waals surface area contributed by atoms with Gasteiger partial charge in [0.1, 0.15) is 0 Å². The summed E-state index contributed by atoms with van der Waals surface area (Å²) < 4.78 is 0. The molecular formula is C18H23N. The van der Waals surface area contributed by atoms with Crippen molar-refractivity contribution in [3.63, 3.8) is 0 Å². The van der Waals surface area contributed by atoms with Gasteiger partial charge in [0, 0.05) is 17.7 Å². The maximum absolute atomic E-state index is 4.71. The van der Waals surface area contributed by atoms with Crippen LogP contribution in [0.2, 0.25) is 0 Å². The van der Waals surface area contributed by atoms with Crippen molar-refractivity contribution in [3.05, 3.63) is 48.1 Å². The second kappa shape index (κ2) is 6.01. The molecule has 2 atom stereocenters. The first-order valence-corrected chi connectivity index (χ1v) is 7.04. The number of para-hydroxylation sites is 1. The summed E-state index contributed by atoms with van der Waals surface area (Å²) in [5.41, 5.74) is 4.77. The molecule has 100 valence electrons. The minimum Gasteiger partial charge on any atom is -0.260 e. The second-order valence-corrected chi connectivity index (χ2v) is 5.65. The molecule has 0 fully saturated rings. The molecule has 0 saturated heterocycles. The fourth-order valence-corrected chi connectivity index (χ4v) is 2.65. The zero-order valence-corrected chi connectivity index (χ0v) is 12.2. The largest absolute Gasteiger partial charge is 0.260 e. The highest BCUT2D eigenvalue weighted by atomic mass is 14.7. The van der Waals surface area contributed by atoms with Gasteiger partial charge in [0.15, 0.2) is 0 Å². The van der Waals surface area contributed by atoms with Gasteiger partial charge < -0.3 is 0 Å². The third-order valence-electron chi connectivity index (χ3n) is 3.86. The molecule has 1 nitrogen and oxygen atoms in total. The van der Waals surface area contributed by atoms with Crippen LogP contribution in [-0.2, 0) is 0 Å². The first-order chi connectivity index (χ1) is 9.08. The normalized spacial score (nSPS) is 23.4. The van der Waals surface area contributed by atoms with Crippen molar-refractivity contribution in [2.75, 3.05) is 0 Å². The van der Waals surface area contributed by atoms with E-state index < -0.39 is 0 Å². The van der Waals surface area contributed by atoms with E-state index in [-0.39, 0.29) is 0 Å². The highest BCUT2D eigenvalue weighted by molar-refractivity contribution is 5.76. The van der Waals surface area contributed by atoms with E-state index in [1.807, 2.05) is 19.1 Å². The highest BCUT2D eigenvalue weighted by Gasteiger charge is 2.17. The molecule has 0 spiro atoms. The van der Waals surface area contributed by atoms with E-state index in [0.717, 1.165) is 16.8 Å². The van der Waals surface area contributed by atoms with Gasteiger partial charge in [-0.3, -0.25) is 4.99 Å². The lowest BCUT2D eigenvalue weighted by molar-refractivity contribution is 0.484. The van der Waals surface area contributed by atoms with E-state index in [1.165, 1.54) is 18.4 Å². The minimum absolute atomic E-state index is 0.557. The SMILES string of the molecule is C=C(C)c1ccccc1N=CC1CCC(C)=CC1C. The first-order valence-electron chi connectivity index (χ1n) is 7.04. The van der Waals surface area contributed by atoms with Crippen LogP contribution in [0.3, 0.4) is 0 Å². The minimum atomic E-state index is 0.557. The van der Waals surface area contributed by atoms with Crippen molar-refractivity contribution >= 4 is 17.5 Å². The molecule has 0 heterocycles. The van der Waals surface area contributed by atoms with Crippen LogP contribution in [-0.4, -0.2) is 6.21 Å². The molecule has 1 aromatic rings. The van der Waals surface area contributed by atoms with E-state index in [0.29, 0.717) is 11.8 Å². The summed E-state index contributed by atoms with van der Waals surface area (Å²) in [7, 11) is 0. The van der Waals surface area contributed by atoms with Crippen molar-refractivity contribution in [2.24, 2.45) is 16.8 Å². The molecule has 0 amide bonds. The van der Waals surface area contributed by atoms with Crippen LogP contribution in [0.5, 0.6) is 0 Å². The average molecular weight is 253 g/mol. The summed E-state index contributed by atoms with van der Waals surface area (Å²) in [5, 5.41) is 0. The zero-order valence-electron chi connectivity index (χ0n) is 12.2. The van der Waals surface area contributed by atoms with E-state index in [9.17, 15) is 0 Å². The van der Waals surface area contributed by atoms with Crippen LogP contribution in [0.1, 0.15) is 39.2 Å². The summed E-state index contributed by atoms with van der Waals surface area (Å²) in [4.78, 5) is 4.71. The smallest absolute Gasteiger partial charge is 0.0700 e. The summed E-state index contributed by atoms with van der Waals surface area (Å²) in [5.74, 6) is 1.15. The van der Waals surface area contributed by atoms with Gasteiger partial charge in [0.2, 0.25) is 0 Å². The molecule has 0 aromatic heterocycles. The fraction of sp³-hybridized carbons (Fsp3) is 0.389. The Morgan fingerprint density at radius 3 is 2.79 bits per heavy atom. The molecule has 1 heteroatoms. The number of allylic oxidation sites excluding steroid dienone is 3. The topological polar surface area (TPSA) is 12.4 Å². The summed E-state index contributed by atoms with van der Waals surface area (Å²) in [6, 6.07) is 8.23. The summed E-state index contributed by atoms with van der Waals surface area (Å²) in [6.07, 6.45) is 6.92. The van der Waals surface area contributed by atoms with Gasteiger partial charge in [-0.1, -0.05) is 43.4 Å². The molecule has 1 aliphatic carbocycles. The van der Waals surface area contributed by atoms with Crippen LogP contribution >= 0.6 is 0 Å². The number of hydrogen-bond donors (Lipinski definition) is 0. The Morgan fingerprint density at radius 2 is 2.11 bits per heavy atom. The molecule has 0 aliphatic heterocycles. The van der Waals surface area contributed by atoms with Crippen LogP contribution in [0.4, 0.5) is 5.69 Å². The Hall–Kier alpha value is -1.63. The Bertz CT molecular complexity index is 522. The molecule has 2 unspecified atom stereocenters. The van der Waals surface area contributed by atoms with Gasteiger partial charge in [-0.25, -0.2) is 0 Å². The Morgan fingerprint density at radius 1 is 1.37 bits per heavy atom. The monoisotopic (exact) mass is 253 g/mol. The average Bonchev–Trinajstić information content (AvgIpc) is 2.38. The lowest BCUT2D eigenvalue weighted by Gasteiger charge is -2.23. The lowest BCUT2D eigenvalue weighted by Crippen LogP contribution is -2.15. The van der Waals surface area contributed by atoms with E-state index in [2.05, 4.69) is 44.8 Å². The Labute approximate surface area is 116 Å². The highest BCUT2D eigenvalue weighted by Crippen LogP contribution is 2.29. The predicted molar refractivity (Wildman–Crippen MR) is 84.9 cm³/mol. The maximum atomic E-state index is 4.71. The fourth-order valence-electron chi connectivity index (χ4n) is 2.65. The molecule has 0 N–H and O–H groups in total. The summed E-state index contributed by atoms with van der Waals surface area (Å²) in [6.45, 7) is 10.6. The second-order valence-electron chi connectivity index (χ2n) is 5.65. The molecule has 0 radical (unpaired) electrons. The molecule has 0 bridgehead atoms. The first kappa shape index (κ1) is 13.8. The van der Waals surface area contributed by atoms with E-state index in [1.54, 1.807) is 0 Å². The third-order valence-corrected chi connectivity index (χ3v) is 3.86. The van der Waals surface area contributed by atoms with Crippen LogP contribution < -0.4 is 0 Å². The molecule has 1 aromatic carbocycles. The van der Waals surface area contributed by atoms with Gasteiger partial charge in [0.25, 0.3) is 0 Å². The van der Waals surface area contributed by atoms with Gasteiger partial charge in [-0.15, -0.1) is 0 Å². The van der Waals surface area contributed by atoms with Crippen LogP contribution in [0, 0.1) is 11.8 Å². The lowest BCUT2D eigenvalue weighted by atomic mass is 9.83. The maximum Gasteiger partial charge on any atom is 0.0700 e. The molecule has 19 heavy (non-hydrogen) atoms.